The minimum Gasteiger partial charge on any atom is -0.506 e. The third kappa shape index (κ3) is 1.73. The quantitative estimate of drug-likeness (QED) is 0.830. The third-order valence-electron chi connectivity index (χ3n) is 3.36. The van der Waals surface area contributed by atoms with Crippen LogP contribution in [0.3, 0.4) is 0 Å². The van der Waals surface area contributed by atoms with Gasteiger partial charge in [-0.05, 0) is 42.9 Å². The lowest BCUT2D eigenvalue weighted by molar-refractivity contribution is 0.437. The number of nitrogens with two attached hydrogens (primary N) is 1. The van der Waals surface area contributed by atoms with Crippen molar-refractivity contribution in [2.24, 2.45) is 0 Å². The Morgan fingerprint density at radius 2 is 2.06 bits per heavy atom. The highest BCUT2D eigenvalue weighted by molar-refractivity contribution is 6.33. The van der Waals surface area contributed by atoms with Crippen LogP contribution in [0.25, 0.3) is 11.3 Å². The fourth-order valence-electron chi connectivity index (χ4n) is 2.45. The largest absolute Gasteiger partial charge is 0.506 e. The molecule has 2 aromatic rings. The monoisotopic (exact) mass is 264 g/mol. The first-order valence-electron chi connectivity index (χ1n) is 5.92. The van der Waals surface area contributed by atoms with Crippen LogP contribution < -0.4 is 5.73 Å². The number of aryl methyl sites for hydroxylation is 1. The molecule has 5 heteroatoms. The van der Waals surface area contributed by atoms with Crippen molar-refractivity contribution in [3.8, 4) is 17.0 Å². The number of halogens is 1. The van der Waals surface area contributed by atoms with Gasteiger partial charge in [0.25, 0.3) is 0 Å². The minimum absolute atomic E-state index is 0.0608. The molecule has 1 aromatic carbocycles. The molecule has 18 heavy (non-hydrogen) atoms. The summed E-state index contributed by atoms with van der Waals surface area (Å²) in [5, 5.41) is 14.4. The highest BCUT2D eigenvalue weighted by Gasteiger charge is 2.21. The summed E-state index contributed by atoms with van der Waals surface area (Å²) in [6.45, 7) is 0. The molecule has 94 valence electrons. The second-order valence-electron chi connectivity index (χ2n) is 4.55. The number of fused-ring (bicyclic) bond motifs is 1. The van der Waals surface area contributed by atoms with E-state index in [0.29, 0.717) is 16.3 Å². The van der Waals surface area contributed by atoms with Crippen LogP contribution in [0, 0.1) is 0 Å². The number of phenols is 1. The van der Waals surface area contributed by atoms with Crippen molar-refractivity contribution in [1.82, 2.24) is 5.16 Å². The average Bonchev–Trinajstić information content (AvgIpc) is 2.80. The molecule has 0 aliphatic heterocycles. The number of hydrogen-bond donors (Lipinski definition) is 2. The summed E-state index contributed by atoms with van der Waals surface area (Å²) >= 11 is 6.23. The number of aromatic hydroxyl groups is 1. The lowest BCUT2D eigenvalue weighted by Crippen LogP contribution is -2.04. The molecule has 0 amide bonds. The Morgan fingerprint density at radius 3 is 2.78 bits per heavy atom. The number of aromatic nitrogens is 1. The fraction of sp³-hybridized carbons (Fsp3) is 0.308. The van der Waals surface area contributed by atoms with E-state index in [0.717, 1.165) is 31.2 Å². The summed E-state index contributed by atoms with van der Waals surface area (Å²) < 4.78 is 4.83. The molecule has 0 saturated heterocycles. The topological polar surface area (TPSA) is 72.3 Å². The van der Waals surface area contributed by atoms with E-state index in [2.05, 4.69) is 5.16 Å². The van der Waals surface area contributed by atoms with Crippen LogP contribution in [0.1, 0.15) is 24.0 Å². The number of nitrogen functional groups attached to an aromatic ring is 1. The number of anilines is 1. The lowest BCUT2D eigenvalue weighted by atomic mass is 9.89. The Morgan fingerprint density at radius 1 is 1.28 bits per heavy atom. The lowest BCUT2D eigenvalue weighted by Gasteiger charge is -2.19. The van der Waals surface area contributed by atoms with Gasteiger partial charge in [-0.25, -0.2) is 0 Å². The zero-order valence-corrected chi connectivity index (χ0v) is 10.5. The standard InChI is InChI=1S/C13H13ClN2O2/c14-12-8-4-2-1-3-7(8)5-9(13(12)17)10-6-11(15)18-16-10/h5-6,17H,1-4,15H2. The molecule has 0 unspecified atom stereocenters. The van der Waals surface area contributed by atoms with Crippen molar-refractivity contribution < 1.29 is 9.63 Å². The molecule has 1 heterocycles. The zero-order valence-electron chi connectivity index (χ0n) is 9.74. The molecule has 4 nitrogen and oxygen atoms in total. The Labute approximate surface area is 109 Å². The van der Waals surface area contributed by atoms with Crippen LogP contribution in [-0.2, 0) is 12.8 Å². The number of nitrogens with zero attached hydrogens (tertiary/aromatic N) is 1. The van der Waals surface area contributed by atoms with E-state index < -0.39 is 0 Å². The molecule has 0 fully saturated rings. The maximum absolute atomic E-state index is 10.2. The van der Waals surface area contributed by atoms with Gasteiger partial charge in [0.15, 0.2) is 0 Å². The molecule has 0 radical (unpaired) electrons. The Hall–Kier alpha value is -1.68. The van der Waals surface area contributed by atoms with Crippen LogP contribution >= 0.6 is 11.6 Å². The number of phenolic OH excluding ortho intramolecular Hbond substituents is 1. The van der Waals surface area contributed by atoms with Gasteiger partial charge in [-0.15, -0.1) is 0 Å². The highest BCUT2D eigenvalue weighted by Crippen LogP contribution is 2.41. The van der Waals surface area contributed by atoms with Crippen LogP contribution in [-0.4, -0.2) is 10.3 Å². The van der Waals surface area contributed by atoms with Crippen LogP contribution in [0.5, 0.6) is 5.75 Å². The first-order valence-corrected chi connectivity index (χ1v) is 6.30. The molecule has 1 aliphatic carbocycles. The van der Waals surface area contributed by atoms with Gasteiger partial charge in [0, 0.05) is 11.6 Å². The molecule has 0 bridgehead atoms. The number of rotatable bonds is 1. The maximum atomic E-state index is 10.2. The first-order chi connectivity index (χ1) is 8.66. The summed E-state index contributed by atoms with van der Waals surface area (Å²) in [5.74, 6) is 0.281. The minimum atomic E-state index is 0.0608. The van der Waals surface area contributed by atoms with E-state index in [1.54, 1.807) is 6.07 Å². The van der Waals surface area contributed by atoms with Gasteiger partial charge in [-0.2, -0.15) is 0 Å². The van der Waals surface area contributed by atoms with E-state index in [-0.39, 0.29) is 11.6 Å². The normalized spacial score (nSPS) is 14.5. The fourth-order valence-corrected chi connectivity index (χ4v) is 2.77. The van der Waals surface area contributed by atoms with E-state index in [1.807, 2.05) is 6.07 Å². The van der Waals surface area contributed by atoms with Crippen molar-refractivity contribution >= 4 is 17.5 Å². The Bertz CT molecular complexity index is 607. The van der Waals surface area contributed by atoms with Crippen LogP contribution in [0.15, 0.2) is 16.7 Å². The molecule has 3 N–H and O–H groups in total. The predicted molar refractivity (Wildman–Crippen MR) is 69.7 cm³/mol. The summed E-state index contributed by atoms with van der Waals surface area (Å²) in [7, 11) is 0. The van der Waals surface area contributed by atoms with Gasteiger partial charge in [-0.1, -0.05) is 16.8 Å². The molecular weight excluding hydrogens is 252 g/mol. The molecular formula is C13H13ClN2O2. The van der Waals surface area contributed by atoms with Crippen molar-refractivity contribution in [2.45, 2.75) is 25.7 Å². The van der Waals surface area contributed by atoms with E-state index in [1.165, 1.54) is 5.56 Å². The predicted octanol–water partition coefficient (Wildman–Crippen LogP) is 3.16. The number of hydrogen-bond acceptors (Lipinski definition) is 4. The first kappa shape index (κ1) is 11.4. The zero-order chi connectivity index (χ0) is 12.7. The van der Waals surface area contributed by atoms with Gasteiger partial charge < -0.3 is 15.4 Å². The van der Waals surface area contributed by atoms with E-state index >= 15 is 0 Å². The van der Waals surface area contributed by atoms with Crippen molar-refractivity contribution in [3.05, 3.63) is 28.3 Å². The number of benzene rings is 1. The Kier molecular flexibility index (Phi) is 2.67. The second kappa shape index (κ2) is 4.21. The molecule has 0 spiro atoms. The van der Waals surface area contributed by atoms with Crippen molar-refractivity contribution in [1.29, 1.82) is 0 Å². The molecule has 0 saturated carbocycles. The smallest absolute Gasteiger partial charge is 0.222 e. The average molecular weight is 265 g/mol. The molecule has 3 rings (SSSR count). The summed E-state index contributed by atoms with van der Waals surface area (Å²) in [6.07, 6.45) is 4.16. The molecule has 1 aromatic heterocycles. The van der Waals surface area contributed by atoms with Crippen LogP contribution in [0.2, 0.25) is 5.02 Å². The van der Waals surface area contributed by atoms with Gasteiger partial charge in [0.05, 0.1) is 5.02 Å². The molecule has 0 atom stereocenters. The second-order valence-corrected chi connectivity index (χ2v) is 4.92. The van der Waals surface area contributed by atoms with Crippen LogP contribution in [0.4, 0.5) is 5.88 Å². The van der Waals surface area contributed by atoms with Crippen molar-refractivity contribution in [3.63, 3.8) is 0 Å². The van der Waals surface area contributed by atoms with Gasteiger partial charge >= 0.3 is 0 Å². The molecule has 1 aliphatic rings. The summed E-state index contributed by atoms with van der Waals surface area (Å²) in [6, 6.07) is 3.52. The third-order valence-corrected chi connectivity index (χ3v) is 3.77. The van der Waals surface area contributed by atoms with Gasteiger partial charge in [0.1, 0.15) is 11.4 Å². The summed E-state index contributed by atoms with van der Waals surface area (Å²) in [4.78, 5) is 0. The SMILES string of the molecule is Nc1cc(-c2cc3c(c(Cl)c2O)CCCC3)no1. The van der Waals surface area contributed by atoms with Gasteiger partial charge in [0.2, 0.25) is 5.88 Å². The van der Waals surface area contributed by atoms with Crippen molar-refractivity contribution in [2.75, 3.05) is 5.73 Å². The highest BCUT2D eigenvalue weighted by atomic mass is 35.5. The van der Waals surface area contributed by atoms with E-state index in [9.17, 15) is 5.11 Å². The Balaban J connectivity index is 2.18. The maximum Gasteiger partial charge on any atom is 0.222 e. The van der Waals surface area contributed by atoms with E-state index in [4.69, 9.17) is 21.9 Å². The summed E-state index contributed by atoms with van der Waals surface area (Å²) in [5.41, 5.74) is 8.83. The van der Waals surface area contributed by atoms with Gasteiger partial charge in [-0.3, -0.25) is 0 Å².